The summed E-state index contributed by atoms with van der Waals surface area (Å²) in [6.07, 6.45) is 1.88. The summed E-state index contributed by atoms with van der Waals surface area (Å²) in [6, 6.07) is 0. The largest absolute Gasteiger partial charge is 0.458 e. The molecule has 0 N–H and O–H groups in total. The van der Waals surface area contributed by atoms with Crippen LogP contribution in [-0.4, -0.2) is 34.8 Å². The zero-order valence-corrected chi connectivity index (χ0v) is 11.3. The molecule has 0 aromatic heterocycles. The number of ether oxygens (including phenoxy) is 2. The van der Waals surface area contributed by atoms with Gasteiger partial charge in [-0.15, -0.1) is 0 Å². The highest BCUT2D eigenvalue weighted by Gasteiger charge is 2.33. The molecule has 86 valence electrons. The summed E-state index contributed by atoms with van der Waals surface area (Å²) in [5.41, 5.74) is 0. The van der Waals surface area contributed by atoms with Gasteiger partial charge in [-0.1, -0.05) is 31.9 Å². The van der Waals surface area contributed by atoms with E-state index in [9.17, 15) is 9.59 Å². The van der Waals surface area contributed by atoms with E-state index >= 15 is 0 Å². The molecule has 4 nitrogen and oxygen atoms in total. The van der Waals surface area contributed by atoms with Crippen molar-refractivity contribution in [3.63, 3.8) is 0 Å². The van der Waals surface area contributed by atoms with E-state index in [0.29, 0.717) is 0 Å². The molecule has 0 spiro atoms. The topological polar surface area (TPSA) is 52.6 Å². The highest BCUT2D eigenvalue weighted by Crippen LogP contribution is 2.25. The Morgan fingerprint density at radius 2 is 1.40 bits per heavy atom. The summed E-state index contributed by atoms with van der Waals surface area (Å²) < 4.78 is 10.3. The molecule has 0 unspecified atom stereocenters. The third-order valence-electron chi connectivity index (χ3n) is 2.18. The molecule has 1 aliphatic rings. The van der Waals surface area contributed by atoms with E-state index in [4.69, 9.17) is 9.47 Å². The number of hydrogen-bond acceptors (Lipinski definition) is 4. The van der Waals surface area contributed by atoms with E-state index in [-0.39, 0.29) is 34.8 Å². The number of rotatable bonds is 4. The Kier molecular flexibility index (Phi) is 5.60. The second kappa shape index (κ2) is 6.48. The van der Waals surface area contributed by atoms with Crippen molar-refractivity contribution in [3.05, 3.63) is 0 Å². The molecule has 1 rings (SSSR count). The maximum atomic E-state index is 11.0. The van der Waals surface area contributed by atoms with Gasteiger partial charge in [0.2, 0.25) is 0 Å². The van der Waals surface area contributed by atoms with Crippen molar-refractivity contribution in [2.45, 2.75) is 31.5 Å². The molecule has 0 saturated heterocycles. The van der Waals surface area contributed by atoms with Crippen LogP contribution in [0.25, 0.3) is 0 Å². The maximum Gasteiger partial charge on any atom is 0.316 e. The SMILES string of the molecule is O=C(CBr)O[C@@H]1CCC[C@H]1OC(=O)CBr. The predicted octanol–water partition coefficient (Wildman–Crippen LogP) is 1.78. The molecule has 1 saturated carbocycles. The molecule has 0 aromatic rings. The third-order valence-corrected chi connectivity index (χ3v) is 3.09. The van der Waals surface area contributed by atoms with E-state index in [1.165, 1.54) is 0 Å². The normalized spacial score (nSPS) is 24.9. The molecule has 0 amide bonds. The molecule has 0 radical (unpaired) electrons. The number of alkyl halides is 2. The summed E-state index contributed by atoms with van der Waals surface area (Å²) in [5.74, 6) is -0.636. The van der Waals surface area contributed by atoms with E-state index in [1.54, 1.807) is 0 Å². The van der Waals surface area contributed by atoms with E-state index in [2.05, 4.69) is 31.9 Å². The lowest BCUT2D eigenvalue weighted by atomic mass is 10.2. The Labute approximate surface area is 105 Å². The van der Waals surface area contributed by atoms with Crippen molar-refractivity contribution in [2.24, 2.45) is 0 Å². The molecule has 1 fully saturated rings. The van der Waals surface area contributed by atoms with Gasteiger partial charge in [0.25, 0.3) is 0 Å². The van der Waals surface area contributed by atoms with Crippen LogP contribution in [0.15, 0.2) is 0 Å². The van der Waals surface area contributed by atoms with Gasteiger partial charge in [0.15, 0.2) is 0 Å². The van der Waals surface area contributed by atoms with Crippen LogP contribution in [0.3, 0.4) is 0 Å². The van der Waals surface area contributed by atoms with Crippen LogP contribution < -0.4 is 0 Å². The second-order valence-electron chi connectivity index (χ2n) is 3.25. The first-order valence-electron chi connectivity index (χ1n) is 4.68. The van der Waals surface area contributed by atoms with E-state index in [1.807, 2.05) is 0 Å². The molecular formula is C9H12Br2O4. The molecule has 0 aliphatic heterocycles. The number of esters is 2. The van der Waals surface area contributed by atoms with Crippen molar-refractivity contribution in [3.8, 4) is 0 Å². The minimum atomic E-state index is -0.318. The summed E-state index contributed by atoms with van der Waals surface area (Å²) in [6.45, 7) is 0. The lowest BCUT2D eigenvalue weighted by Gasteiger charge is -2.19. The number of carbonyl (C=O) groups excluding carboxylic acids is 2. The lowest BCUT2D eigenvalue weighted by Crippen LogP contribution is -2.31. The standard InChI is InChI=1S/C9H12Br2O4/c10-4-8(12)14-6-2-1-3-7(6)15-9(13)5-11/h6-7H,1-5H2/t6-,7-/m1/s1. The zero-order chi connectivity index (χ0) is 11.3. The van der Waals surface area contributed by atoms with E-state index < -0.39 is 0 Å². The molecular weight excluding hydrogens is 332 g/mol. The Hall–Kier alpha value is -0.100. The highest BCUT2D eigenvalue weighted by atomic mass is 79.9. The van der Waals surface area contributed by atoms with Crippen molar-refractivity contribution in [1.29, 1.82) is 0 Å². The smallest absolute Gasteiger partial charge is 0.316 e. The van der Waals surface area contributed by atoms with Gasteiger partial charge in [0.1, 0.15) is 22.9 Å². The maximum absolute atomic E-state index is 11.0. The fourth-order valence-electron chi connectivity index (χ4n) is 1.56. The van der Waals surface area contributed by atoms with Crippen LogP contribution >= 0.6 is 31.9 Å². The Morgan fingerprint density at radius 3 is 1.73 bits per heavy atom. The Balaban J connectivity index is 2.42. The van der Waals surface area contributed by atoms with Gasteiger partial charge in [-0.3, -0.25) is 9.59 Å². The van der Waals surface area contributed by atoms with Crippen LogP contribution in [0.4, 0.5) is 0 Å². The van der Waals surface area contributed by atoms with Gasteiger partial charge in [0, 0.05) is 0 Å². The lowest BCUT2D eigenvalue weighted by molar-refractivity contribution is -0.161. The highest BCUT2D eigenvalue weighted by molar-refractivity contribution is 9.09. The molecule has 6 heteroatoms. The van der Waals surface area contributed by atoms with Crippen LogP contribution in [0, 0.1) is 0 Å². The first kappa shape index (κ1) is 13.0. The average Bonchev–Trinajstić information content (AvgIpc) is 2.65. The van der Waals surface area contributed by atoms with Crippen LogP contribution in [0.1, 0.15) is 19.3 Å². The van der Waals surface area contributed by atoms with Crippen molar-refractivity contribution < 1.29 is 19.1 Å². The third kappa shape index (κ3) is 4.10. The zero-order valence-electron chi connectivity index (χ0n) is 8.08. The fourth-order valence-corrected chi connectivity index (χ4v) is 1.83. The van der Waals surface area contributed by atoms with Crippen LogP contribution in [0.2, 0.25) is 0 Å². The summed E-state index contributed by atoms with van der Waals surface area (Å²) in [7, 11) is 0. The molecule has 1 aliphatic carbocycles. The quantitative estimate of drug-likeness (QED) is 0.576. The molecule has 2 atom stereocenters. The van der Waals surface area contributed by atoms with Gasteiger partial charge in [0.05, 0.1) is 0 Å². The van der Waals surface area contributed by atoms with E-state index in [0.717, 1.165) is 19.3 Å². The van der Waals surface area contributed by atoms with Crippen molar-refractivity contribution in [1.82, 2.24) is 0 Å². The summed E-state index contributed by atoms with van der Waals surface area (Å²) >= 11 is 6.03. The minimum Gasteiger partial charge on any atom is -0.458 e. The van der Waals surface area contributed by atoms with Crippen molar-refractivity contribution >= 4 is 43.8 Å². The Bertz CT molecular complexity index is 220. The van der Waals surface area contributed by atoms with Gasteiger partial charge in [-0.25, -0.2) is 0 Å². The molecule has 0 bridgehead atoms. The summed E-state index contributed by atoms with van der Waals surface area (Å²) in [4.78, 5) is 22.1. The second-order valence-corrected chi connectivity index (χ2v) is 4.38. The van der Waals surface area contributed by atoms with Gasteiger partial charge in [-0.2, -0.15) is 0 Å². The average molecular weight is 344 g/mol. The predicted molar refractivity (Wildman–Crippen MR) is 61.2 cm³/mol. The minimum absolute atomic E-state index is 0.169. The first-order valence-corrected chi connectivity index (χ1v) is 6.92. The number of halogens is 2. The summed E-state index contributed by atoms with van der Waals surface area (Å²) in [5, 5.41) is 0.339. The Morgan fingerprint density at radius 1 is 1.00 bits per heavy atom. The molecule has 0 aromatic carbocycles. The van der Waals surface area contributed by atoms with Crippen LogP contribution in [0.5, 0.6) is 0 Å². The number of hydrogen-bond donors (Lipinski definition) is 0. The fraction of sp³-hybridized carbons (Fsp3) is 0.778. The molecule has 0 heterocycles. The number of carbonyl (C=O) groups is 2. The van der Waals surface area contributed by atoms with Crippen molar-refractivity contribution in [2.75, 3.05) is 10.7 Å². The first-order chi connectivity index (χ1) is 7.17. The van der Waals surface area contributed by atoms with Gasteiger partial charge >= 0.3 is 11.9 Å². The van der Waals surface area contributed by atoms with Gasteiger partial charge in [-0.05, 0) is 19.3 Å². The van der Waals surface area contributed by atoms with Crippen LogP contribution in [-0.2, 0) is 19.1 Å². The molecule has 15 heavy (non-hydrogen) atoms. The monoisotopic (exact) mass is 342 g/mol. The van der Waals surface area contributed by atoms with Gasteiger partial charge < -0.3 is 9.47 Å².